The number of rotatable bonds is 8. The molecule has 1 N–H and O–H groups in total. The zero-order valence-electron chi connectivity index (χ0n) is 22.3. The lowest BCUT2D eigenvalue weighted by Gasteiger charge is -2.45. The Morgan fingerprint density at radius 1 is 0.846 bits per heavy atom. The highest BCUT2D eigenvalue weighted by atomic mass is 19.1. The second-order valence-electron chi connectivity index (χ2n) is 10.5. The van der Waals surface area contributed by atoms with Gasteiger partial charge in [-0.05, 0) is 60.4 Å². The summed E-state index contributed by atoms with van der Waals surface area (Å²) in [5.74, 6) is -0.596. The van der Waals surface area contributed by atoms with Gasteiger partial charge in [-0.2, -0.15) is 0 Å². The van der Waals surface area contributed by atoms with Crippen LogP contribution < -0.4 is 10.2 Å². The van der Waals surface area contributed by atoms with Crippen molar-refractivity contribution in [2.45, 2.75) is 50.6 Å². The predicted octanol–water partition coefficient (Wildman–Crippen LogP) is 5.58. The smallest absolute Gasteiger partial charge is 0.250 e. The van der Waals surface area contributed by atoms with Gasteiger partial charge in [0.05, 0.1) is 19.6 Å². The molecular formula is C32H36FN3O3. The van der Waals surface area contributed by atoms with Crippen molar-refractivity contribution in [3.05, 3.63) is 95.8 Å². The van der Waals surface area contributed by atoms with E-state index in [1.165, 1.54) is 12.1 Å². The van der Waals surface area contributed by atoms with E-state index in [1.54, 1.807) is 17.0 Å². The Morgan fingerprint density at radius 2 is 1.51 bits per heavy atom. The van der Waals surface area contributed by atoms with Crippen molar-refractivity contribution < 1.29 is 18.7 Å². The Hall–Kier alpha value is -3.71. The van der Waals surface area contributed by atoms with Gasteiger partial charge in [0.2, 0.25) is 11.8 Å². The minimum Gasteiger partial charge on any atom is -0.378 e. The molecule has 1 heterocycles. The molecule has 3 aromatic carbocycles. The van der Waals surface area contributed by atoms with Crippen molar-refractivity contribution in [2.75, 3.05) is 36.5 Å². The molecule has 1 aliphatic carbocycles. The number of nitrogens with one attached hydrogen (secondary N) is 1. The summed E-state index contributed by atoms with van der Waals surface area (Å²) in [6.45, 7) is 3.35. The fourth-order valence-electron chi connectivity index (χ4n) is 5.70. The number of halogens is 1. The maximum absolute atomic E-state index is 14.1. The second kappa shape index (κ2) is 12.4. The van der Waals surface area contributed by atoms with Gasteiger partial charge < -0.3 is 19.9 Å². The van der Waals surface area contributed by atoms with Crippen molar-refractivity contribution in [3.63, 3.8) is 0 Å². The van der Waals surface area contributed by atoms with E-state index in [9.17, 15) is 14.0 Å². The highest BCUT2D eigenvalue weighted by molar-refractivity contribution is 6.01. The molecule has 0 spiro atoms. The van der Waals surface area contributed by atoms with Crippen LogP contribution in [-0.2, 0) is 27.3 Å². The lowest BCUT2D eigenvalue weighted by Crippen LogP contribution is -2.60. The zero-order chi connectivity index (χ0) is 27.1. The van der Waals surface area contributed by atoms with Crippen molar-refractivity contribution in [1.82, 2.24) is 4.90 Å². The maximum atomic E-state index is 14.1. The number of anilines is 2. The van der Waals surface area contributed by atoms with E-state index in [0.717, 1.165) is 49.2 Å². The monoisotopic (exact) mass is 529 g/mol. The van der Waals surface area contributed by atoms with Crippen LogP contribution in [0.25, 0.3) is 0 Å². The summed E-state index contributed by atoms with van der Waals surface area (Å²) in [5, 5.41) is 3.14. The molecule has 1 aliphatic heterocycles. The van der Waals surface area contributed by atoms with Crippen molar-refractivity contribution in [1.29, 1.82) is 0 Å². The third kappa shape index (κ3) is 6.48. The minimum atomic E-state index is -0.985. The van der Waals surface area contributed by atoms with E-state index in [4.69, 9.17) is 4.74 Å². The van der Waals surface area contributed by atoms with Gasteiger partial charge in [0.25, 0.3) is 0 Å². The second-order valence-corrected chi connectivity index (χ2v) is 10.5. The van der Waals surface area contributed by atoms with E-state index in [-0.39, 0.29) is 30.6 Å². The van der Waals surface area contributed by atoms with Gasteiger partial charge in [0.1, 0.15) is 11.4 Å². The predicted molar refractivity (Wildman–Crippen MR) is 151 cm³/mol. The summed E-state index contributed by atoms with van der Waals surface area (Å²) in [6.07, 6.45) is 4.13. The average molecular weight is 530 g/mol. The molecule has 6 nitrogen and oxygen atoms in total. The van der Waals surface area contributed by atoms with Crippen LogP contribution in [0.2, 0.25) is 0 Å². The molecule has 1 saturated heterocycles. The molecule has 3 aromatic rings. The number of carbonyl (C=O) groups is 2. The van der Waals surface area contributed by atoms with Crippen molar-refractivity contribution >= 4 is 23.2 Å². The summed E-state index contributed by atoms with van der Waals surface area (Å²) in [7, 11) is 0. The number of ether oxygens (including phenoxy) is 1. The number of benzene rings is 3. The van der Waals surface area contributed by atoms with E-state index in [0.29, 0.717) is 31.7 Å². The van der Waals surface area contributed by atoms with Crippen LogP contribution in [0, 0.1) is 5.82 Å². The molecule has 2 amide bonds. The molecule has 204 valence electrons. The first kappa shape index (κ1) is 26.9. The number of hydrogen-bond donors (Lipinski definition) is 1. The van der Waals surface area contributed by atoms with Crippen LogP contribution in [0.5, 0.6) is 0 Å². The zero-order valence-corrected chi connectivity index (χ0v) is 22.3. The topological polar surface area (TPSA) is 61.9 Å². The van der Waals surface area contributed by atoms with Crippen LogP contribution in [0.4, 0.5) is 15.8 Å². The molecule has 7 heteroatoms. The van der Waals surface area contributed by atoms with Gasteiger partial charge in [-0.3, -0.25) is 9.59 Å². The van der Waals surface area contributed by atoms with Crippen LogP contribution in [0.3, 0.4) is 0 Å². The molecule has 5 rings (SSSR count). The number of morpholine rings is 1. The van der Waals surface area contributed by atoms with E-state index in [2.05, 4.69) is 10.2 Å². The first-order chi connectivity index (χ1) is 19.0. The highest BCUT2D eigenvalue weighted by Crippen LogP contribution is 2.37. The number of hydrogen-bond acceptors (Lipinski definition) is 4. The first-order valence-electron chi connectivity index (χ1n) is 13.9. The SMILES string of the molecule is O=C(Cc1ccccc1)N(Cc1ccc(F)cc1)C1(C(=O)Nc2ccc(N3CCOCC3)cc2)CCCCC1. The van der Waals surface area contributed by atoms with Gasteiger partial charge in [-0.1, -0.05) is 61.7 Å². The van der Waals surface area contributed by atoms with E-state index in [1.807, 2.05) is 54.6 Å². The molecular weight excluding hydrogens is 493 g/mol. The summed E-state index contributed by atoms with van der Waals surface area (Å²) >= 11 is 0. The lowest BCUT2D eigenvalue weighted by molar-refractivity contribution is -0.148. The fourth-order valence-corrected chi connectivity index (χ4v) is 5.70. The van der Waals surface area contributed by atoms with Gasteiger partial charge >= 0.3 is 0 Å². The highest BCUT2D eigenvalue weighted by Gasteiger charge is 2.47. The summed E-state index contributed by atoms with van der Waals surface area (Å²) in [6, 6.07) is 23.7. The van der Waals surface area contributed by atoms with Crippen LogP contribution in [-0.4, -0.2) is 48.6 Å². The third-order valence-corrected chi connectivity index (χ3v) is 7.87. The van der Waals surface area contributed by atoms with Crippen LogP contribution >= 0.6 is 0 Å². The molecule has 0 bridgehead atoms. The molecule has 0 aromatic heterocycles. The normalized spacial score (nSPS) is 16.9. The largest absolute Gasteiger partial charge is 0.378 e. The van der Waals surface area contributed by atoms with Crippen LogP contribution in [0.1, 0.15) is 43.2 Å². The Morgan fingerprint density at radius 3 is 2.18 bits per heavy atom. The quantitative estimate of drug-likeness (QED) is 0.414. The van der Waals surface area contributed by atoms with Crippen molar-refractivity contribution in [3.8, 4) is 0 Å². The number of carbonyl (C=O) groups excluding carboxylic acids is 2. The number of nitrogens with zero attached hydrogens (tertiary/aromatic N) is 2. The molecule has 2 fully saturated rings. The van der Waals surface area contributed by atoms with Gasteiger partial charge in [0.15, 0.2) is 0 Å². The van der Waals surface area contributed by atoms with Gasteiger partial charge in [-0.15, -0.1) is 0 Å². The van der Waals surface area contributed by atoms with Crippen LogP contribution in [0.15, 0.2) is 78.9 Å². The summed E-state index contributed by atoms with van der Waals surface area (Å²) in [5.41, 5.74) is 2.52. The lowest BCUT2D eigenvalue weighted by atomic mass is 9.78. The maximum Gasteiger partial charge on any atom is 0.250 e. The molecule has 2 aliphatic rings. The first-order valence-corrected chi connectivity index (χ1v) is 13.9. The standard InChI is InChI=1S/C32H36FN3O3/c33-27-11-9-26(10-12-27)24-36(30(37)23-25-7-3-1-4-8-25)32(17-5-2-6-18-32)31(38)34-28-13-15-29(16-14-28)35-19-21-39-22-20-35/h1,3-4,7-16H,2,5-6,17-24H2,(H,34,38). The molecule has 1 saturated carbocycles. The van der Waals surface area contributed by atoms with Gasteiger partial charge in [0, 0.05) is 31.0 Å². The Kier molecular flexibility index (Phi) is 8.57. The molecule has 0 radical (unpaired) electrons. The van der Waals surface area contributed by atoms with E-state index >= 15 is 0 Å². The summed E-state index contributed by atoms with van der Waals surface area (Å²) < 4.78 is 19.1. The number of amides is 2. The Balaban J connectivity index is 1.41. The Labute approximate surface area is 229 Å². The molecule has 0 unspecified atom stereocenters. The third-order valence-electron chi connectivity index (χ3n) is 7.87. The molecule has 39 heavy (non-hydrogen) atoms. The summed E-state index contributed by atoms with van der Waals surface area (Å²) in [4.78, 5) is 32.1. The average Bonchev–Trinajstić information content (AvgIpc) is 2.98. The molecule has 0 atom stereocenters. The van der Waals surface area contributed by atoms with Gasteiger partial charge in [-0.25, -0.2) is 4.39 Å². The van der Waals surface area contributed by atoms with Crippen molar-refractivity contribution in [2.24, 2.45) is 0 Å². The van der Waals surface area contributed by atoms with E-state index < -0.39 is 5.54 Å². The minimum absolute atomic E-state index is 0.106. The fraction of sp³-hybridized carbons (Fsp3) is 0.375. The Bertz CT molecular complexity index is 1240.